The summed E-state index contributed by atoms with van der Waals surface area (Å²) < 4.78 is 11.2. The minimum absolute atomic E-state index is 0.178. The fourth-order valence-electron chi connectivity index (χ4n) is 2.87. The van der Waals surface area contributed by atoms with Crippen LogP contribution in [0.4, 0.5) is 16.3 Å². The van der Waals surface area contributed by atoms with E-state index in [2.05, 4.69) is 28.0 Å². The van der Waals surface area contributed by atoms with E-state index in [9.17, 15) is 4.79 Å². The van der Waals surface area contributed by atoms with Crippen LogP contribution >= 0.6 is 0 Å². The Kier molecular flexibility index (Phi) is 6.39. The van der Waals surface area contributed by atoms with Crippen molar-refractivity contribution in [3.05, 3.63) is 48.2 Å². The Balaban J connectivity index is 1.73. The van der Waals surface area contributed by atoms with Crippen molar-refractivity contribution in [2.75, 3.05) is 30.3 Å². The van der Waals surface area contributed by atoms with Crippen LogP contribution in [0.3, 0.4) is 0 Å². The Bertz CT molecular complexity index is 976. The lowest BCUT2D eigenvalue weighted by Crippen LogP contribution is -2.21. The van der Waals surface area contributed by atoms with E-state index in [1.165, 1.54) is 0 Å². The molecule has 0 spiro atoms. The third-order valence-corrected chi connectivity index (χ3v) is 4.41. The first-order valence-electron chi connectivity index (χ1n) is 9.79. The molecule has 7 nitrogen and oxygen atoms in total. The van der Waals surface area contributed by atoms with Gasteiger partial charge in [0.25, 0.3) is 0 Å². The van der Waals surface area contributed by atoms with Crippen molar-refractivity contribution < 1.29 is 14.1 Å². The van der Waals surface area contributed by atoms with Gasteiger partial charge in [-0.05, 0) is 18.7 Å². The Labute approximate surface area is 170 Å². The third-order valence-electron chi connectivity index (χ3n) is 4.41. The lowest BCUT2D eigenvalue weighted by atomic mass is 9.93. The molecule has 154 valence electrons. The van der Waals surface area contributed by atoms with Crippen molar-refractivity contribution in [3.8, 4) is 5.75 Å². The monoisotopic (exact) mass is 396 g/mol. The number of carbonyl (C=O) groups is 1. The zero-order valence-corrected chi connectivity index (χ0v) is 17.3. The molecule has 0 unspecified atom stereocenters. The van der Waals surface area contributed by atoms with Crippen molar-refractivity contribution in [2.24, 2.45) is 0 Å². The van der Waals surface area contributed by atoms with Crippen LogP contribution in [0.5, 0.6) is 5.75 Å². The Morgan fingerprint density at radius 3 is 2.55 bits per heavy atom. The molecule has 2 amide bonds. The summed E-state index contributed by atoms with van der Waals surface area (Å²) >= 11 is 0. The maximum Gasteiger partial charge on any atom is 0.324 e. The maximum absolute atomic E-state index is 12.5. The molecule has 7 heteroatoms. The Morgan fingerprint density at radius 1 is 1.10 bits per heavy atom. The van der Waals surface area contributed by atoms with Crippen LogP contribution in [0.15, 0.2) is 47.0 Å². The number of hydrogen-bond acceptors (Lipinski definition) is 5. The van der Waals surface area contributed by atoms with Crippen LogP contribution in [0, 0.1) is 0 Å². The summed E-state index contributed by atoms with van der Waals surface area (Å²) in [5.74, 6) is 1.87. The van der Waals surface area contributed by atoms with Crippen LogP contribution in [0.1, 0.15) is 33.5 Å². The number of ether oxygens (including phenoxy) is 1. The van der Waals surface area contributed by atoms with Gasteiger partial charge in [0.15, 0.2) is 5.82 Å². The molecule has 0 aliphatic rings. The van der Waals surface area contributed by atoms with Crippen molar-refractivity contribution in [3.63, 3.8) is 0 Å². The molecule has 0 bridgehead atoms. The molecule has 0 aliphatic heterocycles. The minimum atomic E-state index is -0.385. The molecule has 3 N–H and O–H groups in total. The highest BCUT2D eigenvalue weighted by Gasteiger charge is 2.20. The minimum Gasteiger partial charge on any atom is -0.492 e. The van der Waals surface area contributed by atoms with Crippen molar-refractivity contribution >= 4 is 28.3 Å². The normalized spacial score (nSPS) is 11.4. The number of urea groups is 1. The molecule has 29 heavy (non-hydrogen) atoms. The predicted molar refractivity (Wildman–Crippen MR) is 116 cm³/mol. The van der Waals surface area contributed by atoms with E-state index in [-0.39, 0.29) is 11.4 Å². The zero-order valence-electron chi connectivity index (χ0n) is 17.3. The van der Waals surface area contributed by atoms with Crippen molar-refractivity contribution in [1.82, 2.24) is 10.5 Å². The van der Waals surface area contributed by atoms with Gasteiger partial charge in [0, 0.05) is 28.8 Å². The summed E-state index contributed by atoms with van der Waals surface area (Å²) in [6, 6.07) is 12.9. The number of aromatic nitrogens is 1. The summed E-state index contributed by atoms with van der Waals surface area (Å²) in [4.78, 5) is 12.5. The van der Waals surface area contributed by atoms with E-state index in [4.69, 9.17) is 9.26 Å². The second-order valence-electron chi connectivity index (χ2n) is 7.76. The molecule has 0 radical (unpaired) electrons. The van der Waals surface area contributed by atoms with E-state index in [0.29, 0.717) is 23.9 Å². The number of hydrogen-bond donors (Lipinski definition) is 3. The first kappa shape index (κ1) is 20.7. The number of carbonyl (C=O) groups excluding carboxylic acids is 1. The zero-order chi connectivity index (χ0) is 20.9. The van der Waals surface area contributed by atoms with Gasteiger partial charge >= 0.3 is 6.03 Å². The number of anilines is 2. The molecule has 0 fully saturated rings. The van der Waals surface area contributed by atoms with Crippen LogP contribution in [-0.2, 0) is 5.41 Å². The SMILES string of the molecule is CCNCCOc1ccc(NC(=O)Nc2cc(C(C)(C)C)on2)c2ccccc12. The Morgan fingerprint density at radius 2 is 1.86 bits per heavy atom. The molecule has 0 aliphatic carbocycles. The smallest absolute Gasteiger partial charge is 0.324 e. The highest BCUT2D eigenvalue weighted by atomic mass is 16.5. The van der Waals surface area contributed by atoms with Gasteiger partial charge < -0.3 is 19.9 Å². The Hall–Kier alpha value is -3.06. The summed E-state index contributed by atoms with van der Waals surface area (Å²) in [5.41, 5.74) is 0.513. The molecule has 0 atom stereocenters. The molecule has 2 aromatic carbocycles. The third kappa shape index (κ3) is 5.26. The highest BCUT2D eigenvalue weighted by molar-refractivity contribution is 6.07. The molecule has 3 aromatic rings. The molecular weight excluding hydrogens is 368 g/mol. The average molecular weight is 396 g/mol. The second kappa shape index (κ2) is 8.96. The van der Waals surface area contributed by atoms with Crippen LogP contribution in [-0.4, -0.2) is 30.9 Å². The number of nitrogens with zero attached hydrogens (tertiary/aromatic N) is 1. The van der Waals surface area contributed by atoms with Gasteiger partial charge in [-0.1, -0.05) is 57.1 Å². The van der Waals surface area contributed by atoms with Crippen LogP contribution in [0.25, 0.3) is 10.8 Å². The van der Waals surface area contributed by atoms with E-state index in [1.54, 1.807) is 6.07 Å². The number of amides is 2. The fourth-order valence-corrected chi connectivity index (χ4v) is 2.87. The number of nitrogens with one attached hydrogen (secondary N) is 3. The first-order chi connectivity index (χ1) is 13.9. The number of likely N-dealkylation sites (N-methyl/N-ethyl adjacent to an activating group) is 1. The van der Waals surface area contributed by atoms with Crippen molar-refractivity contribution in [2.45, 2.75) is 33.1 Å². The first-order valence-corrected chi connectivity index (χ1v) is 9.79. The van der Waals surface area contributed by atoms with E-state index in [1.807, 2.05) is 57.2 Å². The number of fused-ring (bicyclic) bond motifs is 1. The highest BCUT2D eigenvalue weighted by Crippen LogP contribution is 2.32. The van der Waals surface area contributed by atoms with Gasteiger partial charge in [-0.3, -0.25) is 5.32 Å². The summed E-state index contributed by atoms with van der Waals surface area (Å²) in [6.07, 6.45) is 0. The average Bonchev–Trinajstić information content (AvgIpc) is 3.15. The topological polar surface area (TPSA) is 88.4 Å². The van der Waals surface area contributed by atoms with E-state index >= 15 is 0 Å². The van der Waals surface area contributed by atoms with Gasteiger partial charge in [0.2, 0.25) is 0 Å². The van der Waals surface area contributed by atoms with E-state index < -0.39 is 0 Å². The van der Waals surface area contributed by atoms with Gasteiger partial charge in [-0.2, -0.15) is 0 Å². The van der Waals surface area contributed by atoms with E-state index in [0.717, 1.165) is 29.6 Å². The number of rotatable bonds is 7. The maximum atomic E-state index is 12.5. The lowest BCUT2D eigenvalue weighted by Gasteiger charge is -2.13. The summed E-state index contributed by atoms with van der Waals surface area (Å²) in [5, 5.41) is 14.6. The van der Waals surface area contributed by atoms with Crippen LogP contribution < -0.4 is 20.7 Å². The quantitative estimate of drug-likeness (QED) is 0.501. The largest absolute Gasteiger partial charge is 0.492 e. The molecule has 0 saturated carbocycles. The van der Waals surface area contributed by atoms with Gasteiger partial charge in [0.05, 0.1) is 5.69 Å². The van der Waals surface area contributed by atoms with Gasteiger partial charge in [-0.15, -0.1) is 0 Å². The molecule has 1 aromatic heterocycles. The second-order valence-corrected chi connectivity index (χ2v) is 7.76. The summed E-state index contributed by atoms with van der Waals surface area (Å²) in [6.45, 7) is 10.4. The van der Waals surface area contributed by atoms with Crippen LogP contribution in [0.2, 0.25) is 0 Å². The molecule has 3 rings (SSSR count). The van der Waals surface area contributed by atoms with Gasteiger partial charge in [-0.25, -0.2) is 4.79 Å². The summed E-state index contributed by atoms with van der Waals surface area (Å²) in [7, 11) is 0. The standard InChI is InChI=1S/C22H28N4O3/c1-5-23-12-13-28-18-11-10-17(15-8-6-7-9-16(15)18)24-21(27)25-20-14-19(29-26-20)22(2,3)4/h6-11,14,23H,5,12-13H2,1-4H3,(H2,24,25,26,27). The molecule has 1 heterocycles. The lowest BCUT2D eigenvalue weighted by molar-refractivity contribution is 0.262. The van der Waals surface area contributed by atoms with Crippen molar-refractivity contribution in [1.29, 1.82) is 0 Å². The molecular formula is C22H28N4O3. The number of benzene rings is 2. The fraction of sp³-hybridized carbons (Fsp3) is 0.364. The molecule has 0 saturated heterocycles. The predicted octanol–water partition coefficient (Wildman–Crippen LogP) is 4.76. The van der Waals surface area contributed by atoms with Gasteiger partial charge in [0.1, 0.15) is 18.1 Å².